The molecule has 0 atom stereocenters. The fourth-order valence-corrected chi connectivity index (χ4v) is 1.48. The summed E-state index contributed by atoms with van der Waals surface area (Å²) in [6, 6.07) is 5.99. The standard InChI is InChI=1S/C13H19NO2/c1-10-6-7-11(2)12(9-10)14-13(16)5-3-4-8-15/h6-7,9,15H,3-5,8H2,1-2H3,(H,14,16). The smallest absolute Gasteiger partial charge is 0.224 e. The Morgan fingerprint density at radius 1 is 1.31 bits per heavy atom. The third kappa shape index (κ3) is 4.03. The lowest BCUT2D eigenvalue weighted by atomic mass is 10.1. The number of amides is 1. The Bertz CT molecular complexity index is 361. The molecule has 0 aliphatic carbocycles. The average Bonchev–Trinajstić information content (AvgIpc) is 2.24. The third-order valence-electron chi connectivity index (χ3n) is 2.48. The summed E-state index contributed by atoms with van der Waals surface area (Å²) in [6.07, 6.45) is 1.88. The van der Waals surface area contributed by atoms with Gasteiger partial charge in [0, 0.05) is 18.7 Å². The first-order valence-electron chi connectivity index (χ1n) is 5.61. The number of rotatable bonds is 5. The van der Waals surface area contributed by atoms with Crippen LogP contribution in [0.1, 0.15) is 30.4 Å². The Kier molecular flexibility index (Phi) is 4.99. The quantitative estimate of drug-likeness (QED) is 0.750. The Balaban J connectivity index is 2.52. The zero-order chi connectivity index (χ0) is 12.0. The number of carbonyl (C=O) groups is 1. The van der Waals surface area contributed by atoms with Crippen molar-refractivity contribution in [2.75, 3.05) is 11.9 Å². The Labute approximate surface area is 96.5 Å². The van der Waals surface area contributed by atoms with Crippen LogP contribution in [-0.2, 0) is 4.79 Å². The Hall–Kier alpha value is -1.35. The first-order chi connectivity index (χ1) is 7.63. The molecule has 2 N–H and O–H groups in total. The monoisotopic (exact) mass is 221 g/mol. The van der Waals surface area contributed by atoms with Gasteiger partial charge in [0.2, 0.25) is 5.91 Å². The third-order valence-corrected chi connectivity index (χ3v) is 2.48. The molecule has 0 radical (unpaired) electrons. The molecular weight excluding hydrogens is 202 g/mol. The van der Waals surface area contributed by atoms with Gasteiger partial charge in [-0.15, -0.1) is 0 Å². The SMILES string of the molecule is Cc1ccc(C)c(NC(=O)CCCCO)c1. The fraction of sp³-hybridized carbons (Fsp3) is 0.462. The predicted molar refractivity (Wildman–Crippen MR) is 65.5 cm³/mol. The Morgan fingerprint density at radius 3 is 2.75 bits per heavy atom. The lowest BCUT2D eigenvalue weighted by Gasteiger charge is -2.09. The van der Waals surface area contributed by atoms with E-state index in [1.54, 1.807) is 0 Å². The van der Waals surface area contributed by atoms with Gasteiger partial charge >= 0.3 is 0 Å². The van der Waals surface area contributed by atoms with Crippen molar-refractivity contribution < 1.29 is 9.90 Å². The molecule has 3 nitrogen and oxygen atoms in total. The van der Waals surface area contributed by atoms with E-state index in [0.717, 1.165) is 23.2 Å². The van der Waals surface area contributed by atoms with Crippen LogP contribution >= 0.6 is 0 Å². The van der Waals surface area contributed by atoms with Gasteiger partial charge in [-0.2, -0.15) is 0 Å². The fourth-order valence-electron chi connectivity index (χ4n) is 1.48. The number of hydrogen-bond donors (Lipinski definition) is 2. The second-order valence-corrected chi connectivity index (χ2v) is 4.05. The molecule has 0 aliphatic rings. The number of carbonyl (C=O) groups excluding carboxylic acids is 1. The molecule has 0 unspecified atom stereocenters. The van der Waals surface area contributed by atoms with Crippen molar-refractivity contribution in [1.82, 2.24) is 0 Å². The summed E-state index contributed by atoms with van der Waals surface area (Å²) >= 11 is 0. The maximum Gasteiger partial charge on any atom is 0.224 e. The zero-order valence-electron chi connectivity index (χ0n) is 9.92. The van der Waals surface area contributed by atoms with E-state index in [0.29, 0.717) is 12.8 Å². The van der Waals surface area contributed by atoms with Gasteiger partial charge in [-0.1, -0.05) is 12.1 Å². The maximum atomic E-state index is 11.6. The van der Waals surface area contributed by atoms with Gasteiger partial charge < -0.3 is 10.4 Å². The van der Waals surface area contributed by atoms with E-state index < -0.39 is 0 Å². The topological polar surface area (TPSA) is 49.3 Å². The van der Waals surface area contributed by atoms with Crippen molar-refractivity contribution in [3.8, 4) is 0 Å². The highest BCUT2D eigenvalue weighted by Gasteiger charge is 2.04. The van der Waals surface area contributed by atoms with E-state index in [1.807, 2.05) is 32.0 Å². The van der Waals surface area contributed by atoms with Crippen LogP contribution in [0.25, 0.3) is 0 Å². The molecule has 0 bridgehead atoms. The predicted octanol–water partition coefficient (Wildman–Crippen LogP) is 2.40. The molecule has 0 fully saturated rings. The summed E-state index contributed by atoms with van der Waals surface area (Å²) in [5, 5.41) is 11.5. The number of unbranched alkanes of at least 4 members (excludes halogenated alkanes) is 1. The van der Waals surface area contributed by atoms with Gasteiger partial charge in [0.25, 0.3) is 0 Å². The maximum absolute atomic E-state index is 11.6. The van der Waals surface area contributed by atoms with Crippen molar-refractivity contribution in [1.29, 1.82) is 0 Å². The number of anilines is 1. The van der Waals surface area contributed by atoms with Crippen molar-refractivity contribution in [2.24, 2.45) is 0 Å². The van der Waals surface area contributed by atoms with E-state index >= 15 is 0 Å². The van der Waals surface area contributed by atoms with Crippen molar-refractivity contribution >= 4 is 11.6 Å². The van der Waals surface area contributed by atoms with Crippen molar-refractivity contribution in [3.63, 3.8) is 0 Å². The van der Waals surface area contributed by atoms with Gasteiger partial charge in [0.1, 0.15) is 0 Å². The average molecular weight is 221 g/mol. The number of aliphatic hydroxyl groups is 1. The Morgan fingerprint density at radius 2 is 2.06 bits per heavy atom. The van der Waals surface area contributed by atoms with Crippen molar-refractivity contribution in [2.45, 2.75) is 33.1 Å². The van der Waals surface area contributed by atoms with Gasteiger partial charge in [0.05, 0.1) is 0 Å². The summed E-state index contributed by atoms with van der Waals surface area (Å²) in [4.78, 5) is 11.6. The molecule has 3 heteroatoms. The highest BCUT2D eigenvalue weighted by molar-refractivity contribution is 5.91. The lowest BCUT2D eigenvalue weighted by molar-refractivity contribution is -0.116. The first-order valence-corrected chi connectivity index (χ1v) is 5.61. The van der Waals surface area contributed by atoms with Crippen LogP contribution in [0.4, 0.5) is 5.69 Å². The second-order valence-electron chi connectivity index (χ2n) is 4.05. The van der Waals surface area contributed by atoms with Gasteiger partial charge in [-0.3, -0.25) is 4.79 Å². The molecule has 0 spiro atoms. The number of nitrogens with one attached hydrogen (secondary N) is 1. The van der Waals surface area contributed by atoms with Crippen molar-refractivity contribution in [3.05, 3.63) is 29.3 Å². The lowest BCUT2D eigenvalue weighted by Crippen LogP contribution is -2.12. The van der Waals surface area contributed by atoms with E-state index in [2.05, 4.69) is 5.32 Å². The van der Waals surface area contributed by atoms with E-state index in [-0.39, 0.29) is 12.5 Å². The van der Waals surface area contributed by atoms with Gasteiger partial charge in [0.15, 0.2) is 0 Å². The van der Waals surface area contributed by atoms with Crippen LogP contribution in [-0.4, -0.2) is 17.6 Å². The molecule has 0 aromatic heterocycles. The molecular formula is C13H19NO2. The summed E-state index contributed by atoms with van der Waals surface area (Å²) in [5.74, 6) is 0.0159. The molecule has 1 aromatic carbocycles. The normalized spacial score (nSPS) is 10.2. The molecule has 88 valence electrons. The van der Waals surface area contributed by atoms with Gasteiger partial charge in [-0.25, -0.2) is 0 Å². The van der Waals surface area contributed by atoms with Crippen LogP contribution in [0.2, 0.25) is 0 Å². The van der Waals surface area contributed by atoms with Crippen LogP contribution in [0.3, 0.4) is 0 Å². The highest BCUT2D eigenvalue weighted by Crippen LogP contribution is 2.16. The van der Waals surface area contributed by atoms with Crippen LogP contribution in [0, 0.1) is 13.8 Å². The molecule has 0 heterocycles. The first kappa shape index (κ1) is 12.7. The van der Waals surface area contributed by atoms with Crippen LogP contribution in [0.5, 0.6) is 0 Å². The molecule has 16 heavy (non-hydrogen) atoms. The minimum Gasteiger partial charge on any atom is -0.396 e. The number of aryl methyl sites for hydroxylation is 2. The van der Waals surface area contributed by atoms with Gasteiger partial charge in [-0.05, 0) is 43.9 Å². The molecule has 1 amide bonds. The minimum absolute atomic E-state index is 0.0159. The molecule has 1 rings (SSSR count). The highest BCUT2D eigenvalue weighted by atomic mass is 16.2. The summed E-state index contributed by atoms with van der Waals surface area (Å²) in [6.45, 7) is 4.13. The zero-order valence-corrected chi connectivity index (χ0v) is 9.92. The summed E-state index contributed by atoms with van der Waals surface area (Å²) in [5.41, 5.74) is 3.09. The summed E-state index contributed by atoms with van der Waals surface area (Å²) in [7, 11) is 0. The largest absolute Gasteiger partial charge is 0.396 e. The molecule has 0 saturated carbocycles. The molecule has 0 aliphatic heterocycles. The van der Waals surface area contributed by atoms with Crippen LogP contribution in [0.15, 0.2) is 18.2 Å². The number of aliphatic hydroxyl groups excluding tert-OH is 1. The molecule has 0 saturated heterocycles. The summed E-state index contributed by atoms with van der Waals surface area (Å²) < 4.78 is 0. The van der Waals surface area contributed by atoms with E-state index in [1.165, 1.54) is 0 Å². The van der Waals surface area contributed by atoms with Crippen LogP contribution < -0.4 is 5.32 Å². The minimum atomic E-state index is 0.0159. The van der Waals surface area contributed by atoms with E-state index in [9.17, 15) is 4.79 Å². The number of benzene rings is 1. The molecule has 1 aromatic rings. The number of hydrogen-bond acceptors (Lipinski definition) is 2. The van der Waals surface area contributed by atoms with E-state index in [4.69, 9.17) is 5.11 Å². The second kappa shape index (κ2) is 6.28.